The van der Waals surface area contributed by atoms with Crippen LogP contribution < -0.4 is 0 Å². The topological polar surface area (TPSA) is 87.0 Å². The first-order valence-corrected chi connectivity index (χ1v) is 3.32. The summed E-state index contributed by atoms with van der Waals surface area (Å²) in [5, 5.41) is 26.4. The van der Waals surface area contributed by atoms with E-state index in [-0.39, 0.29) is 13.0 Å². The molecular weight excluding hydrogens is 152 g/mol. The fourth-order valence-corrected chi connectivity index (χ4v) is 0.949. The van der Waals surface area contributed by atoms with Crippen LogP contribution in [0.1, 0.15) is 6.42 Å². The molecule has 1 saturated heterocycles. The Morgan fingerprint density at radius 1 is 1.55 bits per heavy atom. The number of rotatable bonds is 1. The van der Waals surface area contributed by atoms with Gasteiger partial charge in [-0.1, -0.05) is 0 Å². The molecule has 1 aliphatic heterocycles. The molecule has 5 heteroatoms. The maximum Gasteiger partial charge on any atom is 0.338 e. The Morgan fingerprint density at radius 2 is 2.18 bits per heavy atom. The lowest BCUT2D eigenvalue weighted by Crippen LogP contribution is -2.46. The lowest BCUT2D eigenvalue weighted by molar-refractivity contribution is -0.181. The molecule has 1 rings (SSSR count). The average Bonchev–Trinajstić information content (AvgIpc) is 1.99. The second-order valence-electron chi connectivity index (χ2n) is 2.49. The summed E-state index contributed by atoms with van der Waals surface area (Å²) in [6.07, 6.45) is -3.17. The van der Waals surface area contributed by atoms with Gasteiger partial charge in [0.15, 0.2) is 6.10 Å². The lowest BCUT2D eigenvalue weighted by atomic mass is 10.0. The number of aliphatic hydroxyl groups is 3. The predicted octanol–water partition coefficient (Wildman–Crippen LogP) is -1.98. The molecule has 1 heterocycles. The molecule has 64 valence electrons. The molecular formula is C6H10O5. The Kier molecular flexibility index (Phi) is 2.43. The lowest BCUT2D eigenvalue weighted by Gasteiger charge is -2.27. The van der Waals surface area contributed by atoms with Crippen LogP contribution in [-0.4, -0.2) is 46.2 Å². The molecule has 1 fully saturated rings. The first-order valence-electron chi connectivity index (χ1n) is 3.32. The highest BCUT2D eigenvalue weighted by molar-refractivity contribution is 5.76. The summed E-state index contributed by atoms with van der Waals surface area (Å²) in [5.74, 6) is -0.872. The summed E-state index contributed by atoms with van der Waals surface area (Å²) in [5.41, 5.74) is 0. The highest BCUT2D eigenvalue weighted by atomic mass is 16.6. The number of hydrogen-bond acceptors (Lipinski definition) is 5. The van der Waals surface area contributed by atoms with E-state index in [4.69, 9.17) is 15.3 Å². The van der Waals surface area contributed by atoms with Crippen molar-refractivity contribution in [2.24, 2.45) is 0 Å². The van der Waals surface area contributed by atoms with Gasteiger partial charge in [-0.15, -0.1) is 0 Å². The highest BCUT2D eigenvalue weighted by Crippen LogP contribution is 2.14. The third-order valence-electron chi connectivity index (χ3n) is 1.60. The van der Waals surface area contributed by atoms with Gasteiger partial charge in [0.1, 0.15) is 6.10 Å². The Balaban J connectivity index is 2.54. The second-order valence-corrected chi connectivity index (χ2v) is 2.49. The SMILES string of the molecule is O=C1O[C@H](CO)C[C@H](O)C1O. The first-order chi connectivity index (χ1) is 5.15. The normalized spacial score (nSPS) is 38.5. The molecule has 11 heavy (non-hydrogen) atoms. The van der Waals surface area contributed by atoms with Crippen molar-refractivity contribution in [1.29, 1.82) is 0 Å². The van der Waals surface area contributed by atoms with Crippen LogP contribution in [-0.2, 0) is 9.53 Å². The van der Waals surface area contributed by atoms with Crippen LogP contribution in [0.3, 0.4) is 0 Å². The number of hydrogen-bond donors (Lipinski definition) is 3. The van der Waals surface area contributed by atoms with Gasteiger partial charge in [0.05, 0.1) is 12.7 Å². The summed E-state index contributed by atoms with van der Waals surface area (Å²) in [4.78, 5) is 10.6. The van der Waals surface area contributed by atoms with Crippen LogP contribution in [0.4, 0.5) is 0 Å². The molecule has 0 aliphatic carbocycles. The van der Waals surface area contributed by atoms with E-state index < -0.39 is 24.3 Å². The van der Waals surface area contributed by atoms with Crippen molar-refractivity contribution in [2.75, 3.05) is 6.61 Å². The number of cyclic esters (lactones) is 1. The van der Waals surface area contributed by atoms with Crippen molar-refractivity contribution in [3.63, 3.8) is 0 Å². The third-order valence-corrected chi connectivity index (χ3v) is 1.60. The van der Waals surface area contributed by atoms with E-state index in [1.807, 2.05) is 0 Å². The Bertz CT molecular complexity index is 157. The Labute approximate surface area is 63.2 Å². The molecule has 0 spiro atoms. The fraction of sp³-hybridized carbons (Fsp3) is 0.833. The molecule has 1 aliphatic rings. The fourth-order valence-electron chi connectivity index (χ4n) is 0.949. The molecule has 0 aromatic heterocycles. The monoisotopic (exact) mass is 162 g/mol. The summed E-state index contributed by atoms with van der Waals surface area (Å²) in [6, 6.07) is 0. The Morgan fingerprint density at radius 3 is 2.64 bits per heavy atom. The predicted molar refractivity (Wildman–Crippen MR) is 33.6 cm³/mol. The Hall–Kier alpha value is -0.650. The highest BCUT2D eigenvalue weighted by Gasteiger charge is 2.35. The summed E-state index contributed by atoms with van der Waals surface area (Å²) in [7, 11) is 0. The number of aliphatic hydroxyl groups excluding tert-OH is 3. The number of esters is 1. The minimum Gasteiger partial charge on any atom is -0.458 e. The van der Waals surface area contributed by atoms with E-state index in [9.17, 15) is 4.79 Å². The third kappa shape index (κ3) is 1.68. The standard InChI is InChI=1S/C6H10O5/c7-2-3-1-4(8)5(9)6(10)11-3/h3-5,7-9H,1-2H2/t3-,4-,5?/m0/s1. The molecule has 5 nitrogen and oxygen atoms in total. The second kappa shape index (κ2) is 3.17. The minimum absolute atomic E-state index is 0.0867. The van der Waals surface area contributed by atoms with Crippen molar-refractivity contribution in [3.8, 4) is 0 Å². The number of ether oxygens (including phenoxy) is 1. The zero-order valence-corrected chi connectivity index (χ0v) is 5.80. The molecule has 0 aromatic carbocycles. The van der Waals surface area contributed by atoms with Crippen LogP contribution in [0.25, 0.3) is 0 Å². The average molecular weight is 162 g/mol. The summed E-state index contributed by atoms with van der Waals surface area (Å²) >= 11 is 0. The van der Waals surface area contributed by atoms with E-state index in [2.05, 4.69) is 4.74 Å². The maximum atomic E-state index is 10.6. The molecule has 3 atom stereocenters. The molecule has 0 aromatic rings. The van der Waals surface area contributed by atoms with Gasteiger partial charge in [0, 0.05) is 6.42 Å². The zero-order chi connectivity index (χ0) is 8.43. The largest absolute Gasteiger partial charge is 0.458 e. The van der Waals surface area contributed by atoms with Gasteiger partial charge in [-0.2, -0.15) is 0 Å². The molecule has 0 saturated carbocycles. The van der Waals surface area contributed by atoms with Crippen LogP contribution in [0.15, 0.2) is 0 Å². The van der Waals surface area contributed by atoms with Crippen molar-refractivity contribution < 1.29 is 24.9 Å². The molecule has 1 unspecified atom stereocenters. The van der Waals surface area contributed by atoms with Gasteiger partial charge in [-0.25, -0.2) is 4.79 Å². The van der Waals surface area contributed by atoms with Crippen LogP contribution >= 0.6 is 0 Å². The minimum atomic E-state index is -1.46. The van der Waals surface area contributed by atoms with Crippen molar-refractivity contribution in [3.05, 3.63) is 0 Å². The van der Waals surface area contributed by atoms with Crippen LogP contribution in [0.2, 0.25) is 0 Å². The zero-order valence-electron chi connectivity index (χ0n) is 5.80. The quantitative estimate of drug-likeness (QED) is 0.389. The van der Waals surface area contributed by atoms with Gasteiger partial charge in [0.25, 0.3) is 0 Å². The molecule has 0 radical (unpaired) electrons. The van der Waals surface area contributed by atoms with Crippen LogP contribution in [0.5, 0.6) is 0 Å². The van der Waals surface area contributed by atoms with Gasteiger partial charge in [-0.05, 0) is 0 Å². The summed E-state index contributed by atoms with van der Waals surface area (Å²) in [6.45, 7) is -0.324. The summed E-state index contributed by atoms with van der Waals surface area (Å²) < 4.78 is 4.52. The number of carbonyl (C=O) groups is 1. The first kappa shape index (κ1) is 8.45. The van der Waals surface area contributed by atoms with Crippen LogP contribution in [0, 0.1) is 0 Å². The smallest absolute Gasteiger partial charge is 0.338 e. The molecule has 0 bridgehead atoms. The van der Waals surface area contributed by atoms with Gasteiger partial charge in [-0.3, -0.25) is 0 Å². The van der Waals surface area contributed by atoms with E-state index >= 15 is 0 Å². The molecule has 0 amide bonds. The van der Waals surface area contributed by atoms with Gasteiger partial charge >= 0.3 is 5.97 Å². The van der Waals surface area contributed by atoms with E-state index in [0.29, 0.717) is 0 Å². The van der Waals surface area contributed by atoms with E-state index in [1.54, 1.807) is 0 Å². The van der Waals surface area contributed by atoms with Crippen molar-refractivity contribution in [2.45, 2.75) is 24.7 Å². The van der Waals surface area contributed by atoms with Crippen molar-refractivity contribution in [1.82, 2.24) is 0 Å². The van der Waals surface area contributed by atoms with Crippen molar-refractivity contribution >= 4 is 5.97 Å². The number of carbonyl (C=O) groups excluding carboxylic acids is 1. The van der Waals surface area contributed by atoms with Gasteiger partial charge in [0.2, 0.25) is 0 Å². The molecule has 3 N–H and O–H groups in total. The maximum absolute atomic E-state index is 10.6. The van der Waals surface area contributed by atoms with E-state index in [0.717, 1.165) is 0 Å². The van der Waals surface area contributed by atoms with E-state index in [1.165, 1.54) is 0 Å². The van der Waals surface area contributed by atoms with Gasteiger partial charge < -0.3 is 20.1 Å².